The van der Waals surface area contributed by atoms with Crippen LogP contribution in [0.25, 0.3) is 11.3 Å². The van der Waals surface area contributed by atoms with Crippen molar-refractivity contribution in [1.82, 2.24) is 14.8 Å². The van der Waals surface area contributed by atoms with Crippen molar-refractivity contribution in [2.75, 3.05) is 11.2 Å². The van der Waals surface area contributed by atoms with Gasteiger partial charge in [0, 0.05) is 24.2 Å². The highest BCUT2D eigenvalue weighted by Crippen LogP contribution is 2.27. The van der Waals surface area contributed by atoms with Crippen LogP contribution >= 0.6 is 11.6 Å². The number of anilines is 2. The number of carboxylic acids is 1. The molecular formula is C19H17ClN4O3. The molecule has 0 radical (unpaired) electrons. The molecule has 7 nitrogen and oxygen atoms in total. The Morgan fingerprint density at radius 3 is 2.59 bits per heavy atom. The molecule has 0 saturated carbocycles. The van der Waals surface area contributed by atoms with Gasteiger partial charge >= 0.3 is 5.97 Å². The smallest absolute Gasteiger partial charge is 0.340 e. The molecule has 138 valence electrons. The van der Waals surface area contributed by atoms with E-state index < -0.39 is 11.5 Å². The Bertz CT molecular complexity index is 991. The molecule has 0 aliphatic heterocycles. The molecule has 0 unspecified atom stereocenters. The minimum atomic E-state index is -1.24. The Hall–Kier alpha value is -3.19. The van der Waals surface area contributed by atoms with Crippen LogP contribution in [0.1, 0.15) is 16.8 Å². The molecule has 0 aliphatic carbocycles. The normalized spacial score (nSPS) is 10.6. The molecule has 1 aromatic carbocycles. The van der Waals surface area contributed by atoms with Crippen LogP contribution in [0.5, 0.6) is 0 Å². The summed E-state index contributed by atoms with van der Waals surface area (Å²) >= 11 is 5.75. The second-order valence-electron chi connectivity index (χ2n) is 5.71. The van der Waals surface area contributed by atoms with Gasteiger partial charge in [0.1, 0.15) is 16.9 Å². The summed E-state index contributed by atoms with van der Waals surface area (Å²) in [6.45, 7) is 0.282. The summed E-state index contributed by atoms with van der Waals surface area (Å²) in [4.78, 5) is 28.9. The van der Waals surface area contributed by atoms with Crippen molar-refractivity contribution < 1.29 is 9.90 Å². The quantitative estimate of drug-likeness (QED) is 0.606. The number of carboxylic acid groups (broad SMARTS) is 1. The molecule has 3 aromatic rings. The zero-order valence-corrected chi connectivity index (χ0v) is 15.1. The Balaban J connectivity index is 2.24. The van der Waals surface area contributed by atoms with Crippen molar-refractivity contribution in [2.24, 2.45) is 0 Å². The summed E-state index contributed by atoms with van der Waals surface area (Å²) in [5, 5.41) is 17.0. The Morgan fingerprint density at radius 2 is 1.96 bits per heavy atom. The van der Waals surface area contributed by atoms with Crippen molar-refractivity contribution >= 4 is 28.9 Å². The molecule has 2 aromatic heterocycles. The predicted octanol–water partition coefficient (Wildman–Crippen LogP) is 3.38. The number of aryl methyl sites for hydroxylation is 1. The molecule has 0 atom stereocenters. The van der Waals surface area contributed by atoms with E-state index in [1.807, 2.05) is 6.07 Å². The maximum atomic E-state index is 12.9. The van der Waals surface area contributed by atoms with Crippen LogP contribution in [0.15, 0.2) is 59.7 Å². The van der Waals surface area contributed by atoms with E-state index in [9.17, 15) is 14.7 Å². The number of halogens is 1. The molecule has 3 rings (SSSR count). The second kappa shape index (κ2) is 8.46. The minimum absolute atomic E-state index is 0.0566. The van der Waals surface area contributed by atoms with Gasteiger partial charge in [-0.1, -0.05) is 30.3 Å². The van der Waals surface area contributed by atoms with Crippen LogP contribution in [0.3, 0.4) is 0 Å². The fourth-order valence-corrected chi connectivity index (χ4v) is 2.75. The number of benzene rings is 1. The first-order chi connectivity index (χ1) is 13.1. The van der Waals surface area contributed by atoms with Crippen molar-refractivity contribution in [2.45, 2.75) is 13.0 Å². The second-order valence-corrected chi connectivity index (χ2v) is 6.09. The lowest BCUT2D eigenvalue weighted by molar-refractivity contribution is 0.0698. The van der Waals surface area contributed by atoms with E-state index >= 15 is 0 Å². The van der Waals surface area contributed by atoms with Gasteiger partial charge in [0.15, 0.2) is 0 Å². The van der Waals surface area contributed by atoms with Crippen LogP contribution in [0, 0.1) is 0 Å². The van der Waals surface area contributed by atoms with Gasteiger partial charge in [0.25, 0.3) is 5.56 Å². The number of rotatable bonds is 7. The molecular weight excluding hydrogens is 368 g/mol. The molecule has 8 heteroatoms. The lowest BCUT2D eigenvalue weighted by atomic mass is 10.0. The summed E-state index contributed by atoms with van der Waals surface area (Å²) in [7, 11) is 0. The van der Waals surface area contributed by atoms with Crippen molar-refractivity contribution in [1.29, 1.82) is 0 Å². The maximum Gasteiger partial charge on any atom is 0.340 e. The topological polar surface area (TPSA) is 97.1 Å². The Morgan fingerprint density at radius 1 is 1.19 bits per heavy atom. The number of nitrogens with zero attached hydrogens (tertiary/aromatic N) is 3. The lowest BCUT2D eigenvalue weighted by Gasteiger charge is -2.15. The van der Waals surface area contributed by atoms with Gasteiger partial charge in [-0.25, -0.2) is 9.48 Å². The first-order valence-electron chi connectivity index (χ1n) is 8.28. The Kier molecular flexibility index (Phi) is 5.83. The van der Waals surface area contributed by atoms with E-state index in [0.29, 0.717) is 23.6 Å². The van der Waals surface area contributed by atoms with E-state index in [0.717, 1.165) is 0 Å². The van der Waals surface area contributed by atoms with Crippen LogP contribution in [0.4, 0.5) is 11.4 Å². The first kappa shape index (κ1) is 18.6. The molecule has 0 aliphatic rings. The summed E-state index contributed by atoms with van der Waals surface area (Å²) in [6, 6.07) is 12.3. The van der Waals surface area contributed by atoms with Gasteiger partial charge in [-0.15, -0.1) is 11.6 Å². The van der Waals surface area contributed by atoms with Gasteiger partial charge in [-0.3, -0.25) is 9.78 Å². The SMILES string of the molecule is O=C(O)c1c(-c2ccccc2)nn(CCCCl)c(=O)c1Nc1cccnc1. The van der Waals surface area contributed by atoms with Crippen LogP contribution in [0.2, 0.25) is 0 Å². The maximum absolute atomic E-state index is 12.9. The van der Waals surface area contributed by atoms with Crippen LogP contribution < -0.4 is 10.9 Å². The molecule has 27 heavy (non-hydrogen) atoms. The molecule has 2 N–H and O–H groups in total. The third-order valence-corrected chi connectivity index (χ3v) is 4.12. The van der Waals surface area contributed by atoms with E-state index in [1.54, 1.807) is 42.6 Å². The summed E-state index contributed by atoms with van der Waals surface area (Å²) in [5.41, 5.74) is 0.552. The number of aromatic nitrogens is 3. The average molecular weight is 385 g/mol. The summed E-state index contributed by atoms with van der Waals surface area (Å²) in [6.07, 6.45) is 3.63. The van der Waals surface area contributed by atoms with Gasteiger partial charge in [-0.05, 0) is 18.6 Å². The third kappa shape index (κ3) is 4.15. The number of nitrogens with one attached hydrogen (secondary N) is 1. The highest BCUT2D eigenvalue weighted by molar-refractivity contribution is 6.17. The van der Waals surface area contributed by atoms with Gasteiger partial charge in [0.2, 0.25) is 0 Å². The van der Waals surface area contributed by atoms with Crippen molar-refractivity contribution in [3.05, 3.63) is 70.8 Å². The zero-order chi connectivity index (χ0) is 19.2. The number of alkyl halides is 1. The van der Waals surface area contributed by atoms with E-state index in [4.69, 9.17) is 11.6 Å². The number of hydrogen-bond donors (Lipinski definition) is 2. The largest absolute Gasteiger partial charge is 0.478 e. The third-order valence-electron chi connectivity index (χ3n) is 3.85. The lowest BCUT2D eigenvalue weighted by Crippen LogP contribution is -2.29. The van der Waals surface area contributed by atoms with Crippen molar-refractivity contribution in [3.8, 4) is 11.3 Å². The fourth-order valence-electron chi connectivity index (χ4n) is 2.63. The number of carbonyl (C=O) groups is 1. The first-order valence-corrected chi connectivity index (χ1v) is 8.82. The number of pyridine rings is 1. The zero-order valence-electron chi connectivity index (χ0n) is 14.3. The van der Waals surface area contributed by atoms with Crippen LogP contribution in [-0.4, -0.2) is 31.7 Å². The summed E-state index contributed by atoms with van der Waals surface area (Å²) in [5.74, 6) is -0.879. The standard InChI is InChI=1S/C19H17ClN4O3/c20-9-5-11-24-18(25)17(22-14-8-4-10-21-12-14)15(19(26)27)16(23-24)13-6-2-1-3-7-13/h1-4,6-8,10,12,22H,5,9,11H2,(H,26,27). The molecule has 2 heterocycles. The predicted molar refractivity (Wildman–Crippen MR) is 104 cm³/mol. The Labute approximate surface area is 160 Å². The highest BCUT2D eigenvalue weighted by Gasteiger charge is 2.24. The molecule has 0 saturated heterocycles. The summed E-state index contributed by atoms with van der Waals surface area (Å²) < 4.78 is 1.25. The molecule has 0 bridgehead atoms. The molecule has 0 spiro atoms. The van der Waals surface area contributed by atoms with Gasteiger partial charge < -0.3 is 10.4 Å². The molecule has 0 fully saturated rings. The van der Waals surface area contributed by atoms with Crippen molar-refractivity contribution in [3.63, 3.8) is 0 Å². The monoisotopic (exact) mass is 384 g/mol. The number of hydrogen-bond acceptors (Lipinski definition) is 5. The minimum Gasteiger partial charge on any atom is -0.478 e. The van der Waals surface area contributed by atoms with E-state index in [-0.39, 0.29) is 23.5 Å². The van der Waals surface area contributed by atoms with Crippen LogP contribution in [-0.2, 0) is 6.54 Å². The number of aromatic carboxylic acids is 1. The highest BCUT2D eigenvalue weighted by atomic mass is 35.5. The van der Waals surface area contributed by atoms with E-state index in [1.165, 1.54) is 10.9 Å². The van der Waals surface area contributed by atoms with Gasteiger partial charge in [0.05, 0.1) is 11.9 Å². The fraction of sp³-hybridized carbons (Fsp3) is 0.158. The van der Waals surface area contributed by atoms with Gasteiger partial charge in [-0.2, -0.15) is 5.10 Å². The van der Waals surface area contributed by atoms with E-state index in [2.05, 4.69) is 15.4 Å². The average Bonchev–Trinajstić information content (AvgIpc) is 2.69. The molecule has 0 amide bonds.